The Morgan fingerprint density at radius 1 is 1.27 bits per heavy atom. The molecule has 1 radical (unpaired) electrons. The maximum absolute atomic E-state index is 5.90. The van der Waals surface area contributed by atoms with Crippen LogP contribution < -0.4 is 10.1 Å². The molecule has 15 heavy (non-hydrogen) atoms. The summed E-state index contributed by atoms with van der Waals surface area (Å²) in [6, 6.07) is 5.34. The number of benzene rings is 1. The lowest BCUT2D eigenvalue weighted by Crippen LogP contribution is -2.34. The van der Waals surface area contributed by atoms with Gasteiger partial charge >= 0.3 is 0 Å². The summed E-state index contributed by atoms with van der Waals surface area (Å²) < 4.78 is 5.75. The molecule has 1 aliphatic heterocycles. The van der Waals surface area contributed by atoms with Crippen molar-refractivity contribution in [3.8, 4) is 5.75 Å². The van der Waals surface area contributed by atoms with Gasteiger partial charge in [0, 0.05) is 19.0 Å². The van der Waals surface area contributed by atoms with Crippen LogP contribution in [-0.4, -0.2) is 19.2 Å². The van der Waals surface area contributed by atoms with Crippen molar-refractivity contribution in [3.05, 3.63) is 34.7 Å². The summed E-state index contributed by atoms with van der Waals surface area (Å²) in [5, 5.41) is 4.32. The van der Waals surface area contributed by atoms with Gasteiger partial charge in [-0.1, -0.05) is 23.2 Å². The average Bonchev–Trinajstić information content (AvgIpc) is 2.25. The van der Waals surface area contributed by atoms with Crippen molar-refractivity contribution in [3.63, 3.8) is 0 Å². The van der Waals surface area contributed by atoms with Crippen LogP contribution in [-0.2, 0) is 0 Å². The largest absolute Gasteiger partial charge is 0.490 e. The van der Waals surface area contributed by atoms with Crippen molar-refractivity contribution in [2.45, 2.75) is 12.5 Å². The van der Waals surface area contributed by atoms with E-state index in [1.807, 2.05) is 6.07 Å². The Labute approximate surface area is 99.5 Å². The zero-order valence-electron chi connectivity index (χ0n) is 8.17. The summed E-state index contributed by atoms with van der Waals surface area (Å²) in [6.07, 6.45) is 3.27. The van der Waals surface area contributed by atoms with Crippen LogP contribution in [0.4, 0.5) is 0 Å². The number of rotatable bonds is 2. The summed E-state index contributed by atoms with van der Waals surface area (Å²) >= 11 is 11.7. The number of hydrogen-bond acceptors (Lipinski definition) is 2. The van der Waals surface area contributed by atoms with Gasteiger partial charge in [0.25, 0.3) is 0 Å². The Balaban J connectivity index is 2.00. The fraction of sp³-hybridized carbons (Fsp3) is 0.364. The summed E-state index contributed by atoms with van der Waals surface area (Å²) in [7, 11) is 0. The minimum atomic E-state index is 0.170. The first-order valence-electron chi connectivity index (χ1n) is 4.91. The first-order chi connectivity index (χ1) is 7.25. The van der Waals surface area contributed by atoms with E-state index < -0.39 is 0 Å². The maximum Gasteiger partial charge on any atom is 0.121 e. The van der Waals surface area contributed by atoms with Gasteiger partial charge < -0.3 is 10.1 Å². The third-order valence-electron chi connectivity index (χ3n) is 2.31. The van der Waals surface area contributed by atoms with E-state index in [0.29, 0.717) is 10.0 Å². The van der Waals surface area contributed by atoms with E-state index in [0.717, 1.165) is 25.3 Å². The van der Waals surface area contributed by atoms with E-state index in [1.54, 1.807) is 12.1 Å². The second-order valence-corrected chi connectivity index (χ2v) is 4.28. The Morgan fingerprint density at radius 3 is 2.80 bits per heavy atom. The molecule has 1 aromatic carbocycles. The monoisotopic (exact) mass is 244 g/mol. The van der Waals surface area contributed by atoms with Gasteiger partial charge in [-0.15, -0.1) is 0 Å². The summed E-state index contributed by atoms with van der Waals surface area (Å²) in [4.78, 5) is 0. The van der Waals surface area contributed by atoms with Crippen LogP contribution in [0.5, 0.6) is 5.75 Å². The zero-order chi connectivity index (χ0) is 10.7. The van der Waals surface area contributed by atoms with E-state index in [9.17, 15) is 0 Å². The maximum atomic E-state index is 5.90. The quantitative estimate of drug-likeness (QED) is 0.864. The highest BCUT2D eigenvalue weighted by Crippen LogP contribution is 2.27. The van der Waals surface area contributed by atoms with Crippen LogP contribution >= 0.6 is 23.2 Å². The van der Waals surface area contributed by atoms with Crippen LogP contribution in [0, 0.1) is 6.42 Å². The third-order valence-corrected chi connectivity index (χ3v) is 3.05. The first kappa shape index (κ1) is 11.1. The molecule has 1 atom stereocenters. The van der Waals surface area contributed by atoms with Crippen molar-refractivity contribution in [2.75, 3.05) is 13.1 Å². The van der Waals surface area contributed by atoms with Crippen LogP contribution in [0.15, 0.2) is 18.2 Å². The number of piperidine rings is 1. The normalized spacial score (nSPS) is 17.7. The lowest BCUT2D eigenvalue weighted by molar-refractivity contribution is 0.205. The highest BCUT2D eigenvalue weighted by molar-refractivity contribution is 6.42. The van der Waals surface area contributed by atoms with Gasteiger partial charge in [-0.3, -0.25) is 0 Å². The second-order valence-electron chi connectivity index (χ2n) is 3.46. The molecule has 0 aliphatic carbocycles. The SMILES string of the molecule is Clc1ccc(OC2[CH]CNCC2)cc1Cl. The molecule has 1 N–H and O–H groups in total. The molecular weight excluding hydrogens is 233 g/mol. The molecule has 0 saturated carbocycles. The Kier molecular flexibility index (Phi) is 3.73. The predicted octanol–water partition coefficient (Wildman–Crippen LogP) is 2.94. The van der Waals surface area contributed by atoms with E-state index >= 15 is 0 Å². The first-order valence-corrected chi connectivity index (χ1v) is 5.67. The highest BCUT2D eigenvalue weighted by atomic mass is 35.5. The number of ether oxygens (including phenoxy) is 1. The minimum Gasteiger partial charge on any atom is -0.490 e. The molecule has 0 spiro atoms. The molecule has 1 aliphatic rings. The van der Waals surface area contributed by atoms with Gasteiger partial charge in [-0.05, 0) is 25.1 Å². The van der Waals surface area contributed by atoms with Gasteiger partial charge in [0.15, 0.2) is 0 Å². The summed E-state index contributed by atoms with van der Waals surface area (Å²) in [6.45, 7) is 1.88. The lowest BCUT2D eigenvalue weighted by atomic mass is 10.1. The predicted molar refractivity (Wildman–Crippen MR) is 62.7 cm³/mol. The van der Waals surface area contributed by atoms with Crippen molar-refractivity contribution in [1.29, 1.82) is 0 Å². The molecule has 1 aromatic rings. The standard InChI is InChI=1S/C11H12Cl2NO/c12-10-2-1-9(7-11(10)13)15-8-3-5-14-6-4-8/h1-3,7-8,14H,4-6H2. The topological polar surface area (TPSA) is 21.3 Å². The van der Waals surface area contributed by atoms with Crippen molar-refractivity contribution in [2.24, 2.45) is 0 Å². The Morgan fingerprint density at radius 2 is 2.13 bits per heavy atom. The minimum absolute atomic E-state index is 0.170. The fourth-order valence-corrected chi connectivity index (χ4v) is 1.80. The Bertz CT molecular complexity index is 337. The van der Waals surface area contributed by atoms with Crippen molar-refractivity contribution >= 4 is 23.2 Å². The van der Waals surface area contributed by atoms with Gasteiger partial charge in [-0.2, -0.15) is 0 Å². The molecule has 1 unspecified atom stereocenters. The van der Waals surface area contributed by atoms with Crippen LogP contribution in [0.2, 0.25) is 10.0 Å². The zero-order valence-corrected chi connectivity index (χ0v) is 9.68. The summed E-state index contributed by atoms with van der Waals surface area (Å²) in [5.74, 6) is 0.771. The molecule has 1 heterocycles. The van der Waals surface area contributed by atoms with Crippen molar-refractivity contribution < 1.29 is 4.74 Å². The van der Waals surface area contributed by atoms with Gasteiger partial charge in [-0.25, -0.2) is 0 Å². The van der Waals surface area contributed by atoms with Gasteiger partial charge in [0.05, 0.1) is 10.0 Å². The number of hydrogen-bond donors (Lipinski definition) is 1. The molecule has 2 rings (SSSR count). The molecule has 0 amide bonds. The third kappa shape index (κ3) is 3.00. The molecule has 81 valence electrons. The molecule has 1 saturated heterocycles. The average molecular weight is 245 g/mol. The van der Waals surface area contributed by atoms with E-state index in [4.69, 9.17) is 27.9 Å². The van der Waals surface area contributed by atoms with Gasteiger partial charge in [0.2, 0.25) is 0 Å². The smallest absolute Gasteiger partial charge is 0.121 e. The molecule has 1 fully saturated rings. The molecule has 4 heteroatoms. The number of nitrogens with one attached hydrogen (secondary N) is 1. The van der Waals surface area contributed by atoms with Crippen LogP contribution in [0.25, 0.3) is 0 Å². The molecule has 0 aromatic heterocycles. The second kappa shape index (κ2) is 5.06. The lowest BCUT2D eigenvalue weighted by Gasteiger charge is -2.23. The van der Waals surface area contributed by atoms with E-state index in [2.05, 4.69) is 11.7 Å². The van der Waals surface area contributed by atoms with E-state index in [-0.39, 0.29) is 6.10 Å². The molecule has 0 bridgehead atoms. The van der Waals surface area contributed by atoms with Gasteiger partial charge in [0.1, 0.15) is 11.9 Å². The number of halogens is 2. The van der Waals surface area contributed by atoms with Crippen molar-refractivity contribution in [1.82, 2.24) is 5.32 Å². The Hall–Kier alpha value is -0.440. The van der Waals surface area contributed by atoms with Crippen LogP contribution in [0.1, 0.15) is 6.42 Å². The molecular formula is C11H12Cl2NO. The van der Waals surface area contributed by atoms with Crippen LogP contribution in [0.3, 0.4) is 0 Å². The summed E-state index contributed by atoms with van der Waals surface area (Å²) in [5.41, 5.74) is 0. The fourth-order valence-electron chi connectivity index (χ4n) is 1.51. The molecule has 2 nitrogen and oxygen atoms in total. The highest BCUT2D eigenvalue weighted by Gasteiger charge is 2.14. The van der Waals surface area contributed by atoms with E-state index in [1.165, 1.54) is 0 Å².